The molecule has 0 N–H and O–H groups in total. The second kappa shape index (κ2) is 7.38. The summed E-state index contributed by atoms with van der Waals surface area (Å²) in [4.78, 5) is 7.37. The van der Waals surface area contributed by atoms with Gasteiger partial charge in [-0.3, -0.25) is 14.6 Å². The van der Waals surface area contributed by atoms with E-state index in [0.29, 0.717) is 12.5 Å². The van der Waals surface area contributed by atoms with Crippen LogP contribution >= 0.6 is 0 Å². The Morgan fingerprint density at radius 3 is 2.85 bits per heavy atom. The summed E-state index contributed by atoms with van der Waals surface area (Å²) in [6.07, 6.45) is 6.96. The fraction of sp³-hybridized carbons (Fsp3) is 0.333. The van der Waals surface area contributed by atoms with Crippen molar-refractivity contribution in [2.45, 2.75) is 31.8 Å². The first-order chi connectivity index (χ1) is 12.7. The number of hydrogen-bond donors (Lipinski definition) is 0. The average molecular weight is 350 g/mol. The van der Waals surface area contributed by atoms with Crippen LogP contribution in [0.2, 0.25) is 0 Å². The Morgan fingerprint density at radius 1 is 1.15 bits per heavy atom. The van der Waals surface area contributed by atoms with Gasteiger partial charge < -0.3 is 0 Å². The minimum atomic E-state index is -0.197. The van der Waals surface area contributed by atoms with Crippen molar-refractivity contribution in [3.63, 3.8) is 0 Å². The van der Waals surface area contributed by atoms with Gasteiger partial charge in [-0.2, -0.15) is 5.10 Å². The predicted octanol–water partition coefficient (Wildman–Crippen LogP) is 3.88. The molecule has 0 bridgehead atoms. The molecule has 4 nitrogen and oxygen atoms in total. The Kier molecular flexibility index (Phi) is 4.80. The van der Waals surface area contributed by atoms with E-state index in [4.69, 9.17) is 4.98 Å². The maximum absolute atomic E-state index is 13.4. The standard InChI is InChI=1S/C21H23FN4/c1-25-14-17(13-23-25)15-26-10-4-9-21(26)20-8-3-7-19(24-20)12-16-5-2-6-18(22)11-16/h2-3,5-8,11,13-14,21H,4,9-10,12,15H2,1H3/t21-/m0/s1. The Labute approximate surface area is 153 Å². The number of aryl methyl sites for hydroxylation is 1. The summed E-state index contributed by atoms with van der Waals surface area (Å²) >= 11 is 0. The van der Waals surface area contributed by atoms with E-state index in [-0.39, 0.29) is 5.82 Å². The monoisotopic (exact) mass is 350 g/mol. The minimum absolute atomic E-state index is 0.197. The van der Waals surface area contributed by atoms with Gasteiger partial charge in [-0.05, 0) is 49.2 Å². The van der Waals surface area contributed by atoms with E-state index < -0.39 is 0 Å². The third-order valence-electron chi connectivity index (χ3n) is 4.95. The van der Waals surface area contributed by atoms with Gasteiger partial charge in [0.05, 0.1) is 17.9 Å². The van der Waals surface area contributed by atoms with Crippen molar-refractivity contribution >= 4 is 0 Å². The van der Waals surface area contributed by atoms with Crippen molar-refractivity contribution in [1.82, 2.24) is 19.7 Å². The van der Waals surface area contributed by atoms with Gasteiger partial charge in [-0.25, -0.2) is 4.39 Å². The quantitative estimate of drug-likeness (QED) is 0.700. The van der Waals surface area contributed by atoms with Crippen LogP contribution in [-0.2, 0) is 20.0 Å². The molecule has 3 heterocycles. The molecule has 0 unspecified atom stereocenters. The number of halogens is 1. The highest BCUT2D eigenvalue weighted by Crippen LogP contribution is 2.32. The lowest BCUT2D eigenvalue weighted by atomic mass is 10.1. The lowest BCUT2D eigenvalue weighted by Crippen LogP contribution is -2.23. The molecule has 0 spiro atoms. The lowest BCUT2D eigenvalue weighted by Gasteiger charge is -2.23. The zero-order valence-corrected chi connectivity index (χ0v) is 15.0. The molecule has 1 aromatic carbocycles. The summed E-state index contributed by atoms with van der Waals surface area (Å²) in [5.74, 6) is -0.197. The maximum Gasteiger partial charge on any atom is 0.123 e. The highest BCUT2D eigenvalue weighted by atomic mass is 19.1. The fourth-order valence-electron chi connectivity index (χ4n) is 3.78. The van der Waals surface area contributed by atoms with Gasteiger partial charge in [-0.1, -0.05) is 18.2 Å². The molecule has 1 aliphatic rings. The second-order valence-corrected chi connectivity index (χ2v) is 7.01. The van der Waals surface area contributed by atoms with Crippen LogP contribution in [0.25, 0.3) is 0 Å². The fourth-order valence-corrected chi connectivity index (χ4v) is 3.78. The van der Waals surface area contributed by atoms with Gasteiger partial charge >= 0.3 is 0 Å². The van der Waals surface area contributed by atoms with Crippen molar-refractivity contribution in [3.8, 4) is 0 Å². The van der Waals surface area contributed by atoms with E-state index in [1.807, 2.05) is 30.1 Å². The van der Waals surface area contributed by atoms with E-state index in [1.54, 1.807) is 12.1 Å². The number of aromatic nitrogens is 3. The van der Waals surface area contributed by atoms with E-state index in [9.17, 15) is 4.39 Å². The molecule has 1 aliphatic heterocycles. The molecule has 1 atom stereocenters. The molecule has 5 heteroatoms. The van der Waals surface area contributed by atoms with Gasteiger partial charge in [0.15, 0.2) is 0 Å². The first-order valence-corrected chi connectivity index (χ1v) is 9.09. The normalized spacial score (nSPS) is 17.7. The lowest BCUT2D eigenvalue weighted by molar-refractivity contribution is 0.244. The number of nitrogens with zero attached hydrogens (tertiary/aromatic N) is 4. The van der Waals surface area contributed by atoms with Gasteiger partial charge in [0, 0.05) is 37.5 Å². The molecule has 2 aromatic heterocycles. The molecular formula is C21H23FN4. The molecule has 26 heavy (non-hydrogen) atoms. The highest BCUT2D eigenvalue weighted by molar-refractivity contribution is 5.24. The third kappa shape index (κ3) is 3.83. The summed E-state index contributed by atoms with van der Waals surface area (Å²) in [5.41, 5.74) is 4.28. The summed E-state index contributed by atoms with van der Waals surface area (Å²) in [7, 11) is 1.95. The zero-order chi connectivity index (χ0) is 17.9. The molecule has 4 rings (SSSR count). The maximum atomic E-state index is 13.4. The smallest absolute Gasteiger partial charge is 0.123 e. The van der Waals surface area contributed by atoms with Crippen LogP contribution in [0.15, 0.2) is 54.9 Å². The molecule has 1 saturated heterocycles. The summed E-state index contributed by atoms with van der Waals surface area (Å²) in [6.45, 7) is 1.98. The van der Waals surface area contributed by atoms with Crippen molar-refractivity contribution in [2.24, 2.45) is 7.05 Å². The number of hydrogen-bond acceptors (Lipinski definition) is 3. The molecule has 0 aliphatic carbocycles. The van der Waals surface area contributed by atoms with Crippen LogP contribution < -0.4 is 0 Å². The molecule has 0 saturated carbocycles. The molecule has 1 fully saturated rings. The van der Waals surface area contributed by atoms with Crippen molar-refractivity contribution < 1.29 is 4.39 Å². The van der Waals surface area contributed by atoms with Crippen LogP contribution in [0.5, 0.6) is 0 Å². The number of benzene rings is 1. The Hall–Kier alpha value is -2.53. The Balaban J connectivity index is 1.51. The number of likely N-dealkylation sites (tertiary alicyclic amines) is 1. The zero-order valence-electron chi connectivity index (χ0n) is 15.0. The van der Waals surface area contributed by atoms with Crippen molar-refractivity contribution in [3.05, 3.63) is 83.2 Å². The molecular weight excluding hydrogens is 327 g/mol. The average Bonchev–Trinajstić information content (AvgIpc) is 3.24. The molecule has 3 aromatic rings. The van der Waals surface area contributed by atoms with E-state index in [0.717, 1.165) is 36.5 Å². The molecule has 134 valence electrons. The van der Waals surface area contributed by atoms with E-state index in [2.05, 4.69) is 28.3 Å². The first-order valence-electron chi connectivity index (χ1n) is 9.09. The van der Waals surface area contributed by atoms with Crippen LogP contribution in [0, 0.1) is 5.82 Å². The van der Waals surface area contributed by atoms with Crippen LogP contribution in [0.4, 0.5) is 4.39 Å². The Bertz CT molecular complexity index is 889. The summed E-state index contributed by atoms with van der Waals surface area (Å²) in [5, 5.41) is 4.27. The second-order valence-electron chi connectivity index (χ2n) is 7.01. The van der Waals surface area contributed by atoms with Crippen molar-refractivity contribution in [2.75, 3.05) is 6.54 Å². The van der Waals surface area contributed by atoms with Crippen LogP contribution in [-0.4, -0.2) is 26.2 Å². The highest BCUT2D eigenvalue weighted by Gasteiger charge is 2.27. The topological polar surface area (TPSA) is 34.0 Å². The van der Waals surface area contributed by atoms with Crippen LogP contribution in [0.3, 0.4) is 0 Å². The largest absolute Gasteiger partial charge is 0.290 e. The SMILES string of the molecule is Cn1cc(CN2CCC[C@H]2c2cccc(Cc3cccc(F)c3)n2)cn1. The predicted molar refractivity (Wildman–Crippen MR) is 99.0 cm³/mol. The van der Waals surface area contributed by atoms with E-state index >= 15 is 0 Å². The van der Waals surface area contributed by atoms with Gasteiger partial charge in [0.1, 0.15) is 5.82 Å². The van der Waals surface area contributed by atoms with Gasteiger partial charge in [0.2, 0.25) is 0 Å². The van der Waals surface area contributed by atoms with Crippen LogP contribution in [0.1, 0.15) is 41.4 Å². The van der Waals surface area contributed by atoms with Gasteiger partial charge in [-0.15, -0.1) is 0 Å². The summed E-state index contributed by atoms with van der Waals surface area (Å²) in [6, 6.07) is 13.3. The Morgan fingerprint density at radius 2 is 2.04 bits per heavy atom. The van der Waals surface area contributed by atoms with E-state index in [1.165, 1.54) is 18.1 Å². The first kappa shape index (κ1) is 16.9. The van der Waals surface area contributed by atoms with Gasteiger partial charge in [0.25, 0.3) is 0 Å². The third-order valence-corrected chi connectivity index (χ3v) is 4.95. The summed E-state index contributed by atoms with van der Waals surface area (Å²) < 4.78 is 15.3. The minimum Gasteiger partial charge on any atom is -0.290 e. The number of pyridine rings is 1. The molecule has 0 amide bonds. The van der Waals surface area contributed by atoms with Crippen molar-refractivity contribution in [1.29, 1.82) is 0 Å². The number of rotatable bonds is 5. The molecule has 0 radical (unpaired) electrons.